The minimum absolute atomic E-state index is 0.201. The topological polar surface area (TPSA) is 85.7 Å². The predicted molar refractivity (Wildman–Crippen MR) is 181 cm³/mol. The Balaban J connectivity index is 1.52. The zero-order chi connectivity index (χ0) is 31.7. The third-order valence-electron chi connectivity index (χ3n) is 8.53. The fourth-order valence-corrected chi connectivity index (χ4v) is 10.9. The molecule has 1 aliphatic rings. The summed E-state index contributed by atoms with van der Waals surface area (Å²) in [6, 6.07) is 40.6. The highest BCUT2D eigenvalue weighted by atomic mass is 28.4. The van der Waals surface area contributed by atoms with Crippen molar-refractivity contribution < 1.29 is 18.6 Å². The normalized spacial score (nSPS) is 22.0. The van der Waals surface area contributed by atoms with Gasteiger partial charge in [-0.1, -0.05) is 147 Å². The number of hydrogen-bond acceptors (Lipinski definition) is 5. The summed E-state index contributed by atoms with van der Waals surface area (Å²) in [7, 11) is -2.86. The standard InChI is InChI=1S/C37H43N3O4Si/c1-28-34(39-40-38)36(42-26-30-19-11-6-12-20-30)35(41-25-29-17-9-5-10-18-29)33(44-28)27-43-45(37(2,3)4,31-21-13-7-14-22-31)32-23-15-8-16-24-32/h5-24,28,33-36H,25-27H2,1-4H3/t28-,33?,34?,35-,36+/m1/s1. The van der Waals surface area contributed by atoms with Crippen LogP contribution < -0.4 is 10.4 Å². The van der Waals surface area contributed by atoms with Gasteiger partial charge in [0.15, 0.2) is 0 Å². The molecule has 4 aromatic carbocycles. The Morgan fingerprint density at radius 1 is 0.711 bits per heavy atom. The van der Waals surface area contributed by atoms with Crippen LogP contribution in [0, 0.1) is 0 Å². The van der Waals surface area contributed by atoms with Crippen molar-refractivity contribution >= 4 is 18.7 Å². The van der Waals surface area contributed by atoms with E-state index in [0.717, 1.165) is 11.1 Å². The van der Waals surface area contributed by atoms with Crippen LogP contribution in [0.4, 0.5) is 0 Å². The molecule has 0 saturated carbocycles. The van der Waals surface area contributed by atoms with Gasteiger partial charge in [-0.05, 0) is 39.0 Å². The van der Waals surface area contributed by atoms with Gasteiger partial charge >= 0.3 is 0 Å². The van der Waals surface area contributed by atoms with E-state index < -0.39 is 38.8 Å². The van der Waals surface area contributed by atoms with Gasteiger partial charge in [0.05, 0.1) is 38.1 Å². The van der Waals surface area contributed by atoms with Crippen molar-refractivity contribution in [3.63, 3.8) is 0 Å². The van der Waals surface area contributed by atoms with Crippen molar-refractivity contribution in [1.82, 2.24) is 0 Å². The number of nitrogens with zero attached hydrogens (tertiary/aromatic N) is 3. The van der Waals surface area contributed by atoms with E-state index >= 15 is 0 Å². The van der Waals surface area contributed by atoms with Crippen molar-refractivity contribution in [2.24, 2.45) is 5.11 Å². The maximum Gasteiger partial charge on any atom is 0.261 e. The lowest BCUT2D eigenvalue weighted by atomic mass is 9.93. The molecule has 5 rings (SSSR count). The molecule has 0 spiro atoms. The molecule has 45 heavy (non-hydrogen) atoms. The van der Waals surface area contributed by atoms with Gasteiger partial charge in [-0.15, -0.1) is 0 Å². The Hall–Kier alpha value is -3.75. The molecule has 0 amide bonds. The van der Waals surface area contributed by atoms with Crippen LogP contribution in [0.3, 0.4) is 0 Å². The van der Waals surface area contributed by atoms with Gasteiger partial charge in [0.1, 0.15) is 12.2 Å². The lowest BCUT2D eigenvalue weighted by Gasteiger charge is -2.47. The van der Waals surface area contributed by atoms with Crippen molar-refractivity contribution in [2.75, 3.05) is 6.61 Å². The summed E-state index contributed by atoms with van der Waals surface area (Å²) in [5.74, 6) is 0. The largest absolute Gasteiger partial charge is 0.405 e. The molecule has 0 aromatic heterocycles. The van der Waals surface area contributed by atoms with Crippen LogP contribution in [0.25, 0.3) is 10.4 Å². The Kier molecular flexibility index (Phi) is 10.9. The molecule has 7 nitrogen and oxygen atoms in total. The second-order valence-electron chi connectivity index (χ2n) is 12.6. The maximum absolute atomic E-state index is 9.54. The zero-order valence-corrected chi connectivity index (χ0v) is 27.5. The van der Waals surface area contributed by atoms with Crippen LogP contribution in [-0.2, 0) is 31.9 Å². The molecule has 4 aromatic rings. The lowest BCUT2D eigenvalue weighted by molar-refractivity contribution is -0.218. The molecule has 234 valence electrons. The van der Waals surface area contributed by atoms with Crippen LogP contribution in [0.1, 0.15) is 38.8 Å². The van der Waals surface area contributed by atoms with Crippen molar-refractivity contribution in [3.05, 3.63) is 143 Å². The van der Waals surface area contributed by atoms with Gasteiger partial charge in [-0.2, -0.15) is 0 Å². The Morgan fingerprint density at radius 2 is 1.16 bits per heavy atom. The summed E-state index contributed by atoms with van der Waals surface area (Å²) >= 11 is 0. The molecule has 1 aliphatic heterocycles. The van der Waals surface area contributed by atoms with Crippen molar-refractivity contribution in [3.8, 4) is 0 Å². The molecule has 5 atom stereocenters. The molecule has 0 radical (unpaired) electrons. The summed E-state index contributed by atoms with van der Waals surface area (Å²) in [5, 5.41) is 6.34. The van der Waals surface area contributed by atoms with E-state index in [0.29, 0.717) is 13.2 Å². The van der Waals surface area contributed by atoms with Crippen molar-refractivity contribution in [2.45, 2.75) is 76.4 Å². The third kappa shape index (κ3) is 7.56. The van der Waals surface area contributed by atoms with E-state index in [1.807, 2.05) is 79.7 Å². The van der Waals surface area contributed by atoms with Crippen LogP contribution in [-0.4, -0.2) is 45.4 Å². The Labute approximate surface area is 267 Å². The first kappa shape index (κ1) is 32.6. The summed E-state index contributed by atoms with van der Waals surface area (Å²) in [6.45, 7) is 9.70. The third-order valence-corrected chi connectivity index (χ3v) is 13.5. The quantitative estimate of drug-likeness (QED) is 0.0725. The zero-order valence-electron chi connectivity index (χ0n) is 26.5. The summed E-state index contributed by atoms with van der Waals surface area (Å²) < 4.78 is 27.2. The van der Waals surface area contributed by atoms with Crippen LogP contribution in [0.15, 0.2) is 126 Å². The monoisotopic (exact) mass is 621 g/mol. The van der Waals surface area contributed by atoms with E-state index in [4.69, 9.17) is 18.6 Å². The van der Waals surface area contributed by atoms with Gasteiger partial charge in [0.2, 0.25) is 0 Å². The first-order valence-corrected chi connectivity index (χ1v) is 17.5. The predicted octanol–water partition coefficient (Wildman–Crippen LogP) is 7.20. The first-order valence-electron chi connectivity index (χ1n) is 15.6. The molecule has 1 fully saturated rings. The number of ether oxygens (including phenoxy) is 3. The number of rotatable bonds is 12. The maximum atomic E-state index is 9.54. The highest BCUT2D eigenvalue weighted by Gasteiger charge is 2.52. The van der Waals surface area contributed by atoms with Gasteiger partial charge < -0.3 is 18.6 Å². The average molecular weight is 622 g/mol. The van der Waals surface area contributed by atoms with Gasteiger partial charge in [-0.3, -0.25) is 0 Å². The van der Waals surface area contributed by atoms with E-state index in [1.54, 1.807) is 0 Å². The summed E-state index contributed by atoms with van der Waals surface area (Å²) in [4.78, 5) is 3.17. The fraction of sp³-hybridized carbons (Fsp3) is 0.351. The average Bonchev–Trinajstić information content (AvgIpc) is 3.06. The minimum atomic E-state index is -2.86. The molecule has 1 heterocycles. The Morgan fingerprint density at radius 3 is 1.60 bits per heavy atom. The minimum Gasteiger partial charge on any atom is -0.405 e. The smallest absolute Gasteiger partial charge is 0.261 e. The van der Waals surface area contributed by atoms with Crippen molar-refractivity contribution in [1.29, 1.82) is 0 Å². The Bertz CT molecular complexity index is 1470. The highest BCUT2D eigenvalue weighted by Crippen LogP contribution is 2.38. The molecule has 0 aliphatic carbocycles. The SMILES string of the molecule is C[C@H]1OC(CO[Si](c2ccccc2)(c2ccccc2)C(C)(C)C)[C@@H](OCc2ccccc2)[C@@H](OCc2ccccc2)C1N=[N+]=[N-]. The highest BCUT2D eigenvalue weighted by molar-refractivity contribution is 6.99. The van der Waals surface area contributed by atoms with E-state index in [1.165, 1.54) is 10.4 Å². The fourth-order valence-electron chi connectivity index (χ4n) is 6.36. The molecule has 1 saturated heterocycles. The van der Waals surface area contributed by atoms with Gasteiger partial charge in [0.25, 0.3) is 8.32 Å². The molecular formula is C37H43N3O4Si. The molecule has 0 bridgehead atoms. The van der Waals surface area contributed by atoms with E-state index in [2.05, 4.69) is 79.3 Å². The number of benzene rings is 4. The van der Waals surface area contributed by atoms with Crippen LogP contribution >= 0.6 is 0 Å². The molecule has 0 N–H and O–H groups in total. The van der Waals surface area contributed by atoms with E-state index in [9.17, 15) is 5.53 Å². The number of hydrogen-bond donors (Lipinski definition) is 0. The van der Waals surface area contributed by atoms with Gasteiger partial charge in [-0.25, -0.2) is 0 Å². The first-order chi connectivity index (χ1) is 21.8. The van der Waals surface area contributed by atoms with E-state index in [-0.39, 0.29) is 11.6 Å². The second kappa shape index (κ2) is 15.0. The summed E-state index contributed by atoms with van der Waals surface area (Å²) in [6.07, 6.45) is -2.00. The van der Waals surface area contributed by atoms with Crippen LogP contribution in [0.5, 0.6) is 0 Å². The van der Waals surface area contributed by atoms with Gasteiger partial charge in [0, 0.05) is 4.91 Å². The second-order valence-corrected chi connectivity index (χ2v) is 16.9. The summed E-state index contributed by atoms with van der Waals surface area (Å²) in [5.41, 5.74) is 11.6. The van der Waals surface area contributed by atoms with Crippen LogP contribution in [0.2, 0.25) is 5.04 Å². The molecular weight excluding hydrogens is 579 g/mol. The molecule has 2 unspecified atom stereocenters. The lowest BCUT2D eigenvalue weighted by Crippen LogP contribution is -2.68. The number of azide groups is 1. The molecule has 8 heteroatoms.